The maximum absolute atomic E-state index is 5.79. The van der Waals surface area contributed by atoms with E-state index in [9.17, 15) is 0 Å². The van der Waals surface area contributed by atoms with Crippen LogP contribution in [0.3, 0.4) is 0 Å². The number of hydrogen-bond acceptors (Lipinski definition) is 3. The number of nitrogens with one attached hydrogen (secondary N) is 1. The second-order valence-corrected chi connectivity index (χ2v) is 7.04. The number of benzene rings is 1. The van der Waals surface area contributed by atoms with E-state index in [1.165, 1.54) is 16.7 Å². The average Bonchev–Trinajstić information content (AvgIpc) is 2.59. The van der Waals surface area contributed by atoms with Crippen molar-refractivity contribution in [3.8, 4) is 0 Å². The monoisotopic (exact) mass is 356 g/mol. The van der Waals surface area contributed by atoms with Gasteiger partial charge in [0.05, 0.1) is 6.04 Å². The van der Waals surface area contributed by atoms with E-state index in [2.05, 4.69) is 85.3 Å². The van der Waals surface area contributed by atoms with Crippen molar-refractivity contribution in [1.29, 1.82) is 0 Å². The molecule has 1 aromatic heterocycles. The maximum atomic E-state index is 5.79. The van der Waals surface area contributed by atoms with Crippen molar-refractivity contribution in [1.82, 2.24) is 14.8 Å². The van der Waals surface area contributed by atoms with Crippen molar-refractivity contribution in [2.75, 3.05) is 32.5 Å². The van der Waals surface area contributed by atoms with Gasteiger partial charge in [0.25, 0.3) is 0 Å². The molecule has 0 aliphatic rings. The van der Waals surface area contributed by atoms with Crippen LogP contribution in [-0.2, 0) is 0 Å². The highest BCUT2D eigenvalue weighted by Crippen LogP contribution is 2.24. The largest absolute Gasteiger partial charge is 0.341 e. The zero-order valence-corrected chi connectivity index (χ0v) is 16.6. The van der Waals surface area contributed by atoms with Gasteiger partial charge in [-0.05, 0) is 75.9 Å². The summed E-state index contributed by atoms with van der Waals surface area (Å²) in [5.41, 5.74) is 4.71. The molecule has 0 bridgehead atoms. The van der Waals surface area contributed by atoms with Gasteiger partial charge >= 0.3 is 0 Å². The predicted octanol–water partition coefficient (Wildman–Crippen LogP) is 4.02. The first-order valence-corrected chi connectivity index (χ1v) is 8.99. The lowest BCUT2D eigenvalue weighted by Gasteiger charge is -2.33. The Morgan fingerprint density at radius 1 is 1.08 bits per heavy atom. The Bertz CT molecular complexity index is 680. The third-order valence-electron chi connectivity index (χ3n) is 4.42. The van der Waals surface area contributed by atoms with Gasteiger partial charge in [-0.3, -0.25) is 4.98 Å². The van der Waals surface area contributed by atoms with Crippen LogP contribution in [0.5, 0.6) is 0 Å². The third-order valence-corrected chi connectivity index (χ3v) is 4.75. The summed E-state index contributed by atoms with van der Waals surface area (Å²) in [6, 6.07) is 10.6. The van der Waals surface area contributed by atoms with E-state index >= 15 is 0 Å². The number of para-hydroxylation sites is 1. The standard InChI is InChI=1S/C20H28N4S/c1-15-7-6-8-16(2)19(15)22-20(25)24(14-13-23(4)5)17(3)18-9-11-21-12-10-18/h6-12,17H,13-14H2,1-5H3,(H,22,25)/t17-/m0/s1. The van der Waals surface area contributed by atoms with E-state index in [0.717, 1.165) is 23.9 Å². The van der Waals surface area contributed by atoms with Gasteiger partial charge in [0.1, 0.15) is 0 Å². The normalized spacial score (nSPS) is 12.1. The van der Waals surface area contributed by atoms with E-state index in [1.807, 2.05) is 12.4 Å². The average molecular weight is 357 g/mol. The molecule has 0 aliphatic heterocycles. The van der Waals surface area contributed by atoms with Gasteiger partial charge in [0, 0.05) is 31.2 Å². The number of anilines is 1. The summed E-state index contributed by atoms with van der Waals surface area (Å²) in [7, 11) is 4.16. The van der Waals surface area contributed by atoms with Crippen molar-refractivity contribution in [3.05, 3.63) is 59.4 Å². The molecule has 0 aliphatic carbocycles. The fraction of sp³-hybridized carbons (Fsp3) is 0.400. The van der Waals surface area contributed by atoms with Crippen LogP contribution in [0.1, 0.15) is 29.7 Å². The fourth-order valence-corrected chi connectivity index (χ4v) is 3.14. The number of thiocarbonyl (C=S) groups is 1. The number of aromatic nitrogens is 1. The minimum atomic E-state index is 0.173. The van der Waals surface area contributed by atoms with Crippen LogP contribution in [0.25, 0.3) is 0 Å². The molecule has 2 rings (SSSR count). The molecule has 1 atom stereocenters. The van der Waals surface area contributed by atoms with Crippen LogP contribution in [0.2, 0.25) is 0 Å². The van der Waals surface area contributed by atoms with E-state index in [0.29, 0.717) is 0 Å². The van der Waals surface area contributed by atoms with Crippen molar-refractivity contribution in [3.63, 3.8) is 0 Å². The fourth-order valence-electron chi connectivity index (χ4n) is 2.79. The summed E-state index contributed by atoms with van der Waals surface area (Å²) in [4.78, 5) is 8.54. The highest BCUT2D eigenvalue weighted by Gasteiger charge is 2.19. The van der Waals surface area contributed by atoms with Crippen molar-refractivity contribution in [2.45, 2.75) is 26.8 Å². The van der Waals surface area contributed by atoms with Gasteiger partial charge in [-0.1, -0.05) is 18.2 Å². The van der Waals surface area contributed by atoms with Crippen LogP contribution in [0.15, 0.2) is 42.7 Å². The molecule has 1 aromatic carbocycles. The van der Waals surface area contributed by atoms with E-state index in [-0.39, 0.29) is 6.04 Å². The molecule has 134 valence electrons. The van der Waals surface area contributed by atoms with Crippen LogP contribution in [0, 0.1) is 13.8 Å². The molecule has 1 heterocycles. The van der Waals surface area contributed by atoms with Crippen LogP contribution >= 0.6 is 12.2 Å². The van der Waals surface area contributed by atoms with Gasteiger partial charge in [-0.25, -0.2) is 0 Å². The molecule has 0 amide bonds. The van der Waals surface area contributed by atoms with Crippen molar-refractivity contribution in [2.24, 2.45) is 0 Å². The second kappa shape index (κ2) is 8.92. The quantitative estimate of drug-likeness (QED) is 0.790. The minimum Gasteiger partial charge on any atom is -0.341 e. The molecule has 0 saturated heterocycles. The molecule has 5 heteroatoms. The zero-order valence-electron chi connectivity index (χ0n) is 15.8. The lowest BCUT2D eigenvalue weighted by atomic mass is 10.1. The van der Waals surface area contributed by atoms with Gasteiger partial charge in [0.15, 0.2) is 5.11 Å². The number of rotatable bonds is 6. The number of likely N-dealkylation sites (N-methyl/N-ethyl adjacent to an activating group) is 1. The predicted molar refractivity (Wildman–Crippen MR) is 110 cm³/mol. The molecule has 2 aromatic rings. The third kappa shape index (κ3) is 5.25. The summed E-state index contributed by atoms with van der Waals surface area (Å²) < 4.78 is 0. The Hall–Kier alpha value is -1.98. The van der Waals surface area contributed by atoms with Crippen LogP contribution in [0.4, 0.5) is 5.69 Å². The van der Waals surface area contributed by atoms with Crippen LogP contribution in [-0.4, -0.2) is 47.1 Å². The first-order chi connectivity index (χ1) is 11.9. The molecule has 0 radical (unpaired) electrons. The summed E-state index contributed by atoms with van der Waals surface area (Å²) >= 11 is 5.79. The zero-order chi connectivity index (χ0) is 18.4. The summed E-state index contributed by atoms with van der Waals surface area (Å²) in [5.74, 6) is 0. The number of hydrogen-bond donors (Lipinski definition) is 1. The van der Waals surface area contributed by atoms with E-state index in [1.54, 1.807) is 0 Å². The molecular weight excluding hydrogens is 328 g/mol. The summed E-state index contributed by atoms with van der Waals surface area (Å²) in [6.07, 6.45) is 3.66. The lowest BCUT2D eigenvalue weighted by molar-refractivity contribution is 0.289. The molecule has 1 N–H and O–H groups in total. The molecule has 0 saturated carbocycles. The molecule has 0 fully saturated rings. The first-order valence-electron chi connectivity index (χ1n) is 8.58. The van der Waals surface area contributed by atoms with Crippen molar-refractivity contribution < 1.29 is 0 Å². The van der Waals surface area contributed by atoms with Crippen molar-refractivity contribution >= 4 is 23.0 Å². The Labute approximate surface area is 156 Å². The Balaban J connectivity index is 2.23. The first kappa shape index (κ1) is 19.3. The highest BCUT2D eigenvalue weighted by molar-refractivity contribution is 7.80. The SMILES string of the molecule is Cc1cccc(C)c1NC(=S)N(CCN(C)C)[C@@H](C)c1ccncc1. The molecule has 0 unspecified atom stereocenters. The van der Waals surface area contributed by atoms with E-state index < -0.39 is 0 Å². The summed E-state index contributed by atoms with van der Waals surface area (Å²) in [6.45, 7) is 8.18. The Morgan fingerprint density at radius 2 is 1.68 bits per heavy atom. The second-order valence-electron chi connectivity index (χ2n) is 6.65. The molecule has 0 spiro atoms. The number of aryl methyl sites for hydroxylation is 2. The smallest absolute Gasteiger partial charge is 0.173 e. The van der Waals surface area contributed by atoms with Gasteiger partial charge in [0.2, 0.25) is 0 Å². The van der Waals surface area contributed by atoms with Gasteiger partial charge in [-0.15, -0.1) is 0 Å². The Kier molecular flexibility index (Phi) is 6.91. The van der Waals surface area contributed by atoms with Gasteiger partial charge in [-0.2, -0.15) is 0 Å². The number of pyridine rings is 1. The highest BCUT2D eigenvalue weighted by atomic mass is 32.1. The molecule has 4 nitrogen and oxygen atoms in total. The Morgan fingerprint density at radius 3 is 2.24 bits per heavy atom. The van der Waals surface area contributed by atoms with Gasteiger partial charge < -0.3 is 15.1 Å². The molecule has 25 heavy (non-hydrogen) atoms. The van der Waals surface area contributed by atoms with E-state index in [4.69, 9.17) is 12.2 Å². The summed E-state index contributed by atoms with van der Waals surface area (Å²) in [5, 5.41) is 4.23. The topological polar surface area (TPSA) is 31.4 Å². The van der Waals surface area contributed by atoms with Crippen LogP contribution < -0.4 is 5.32 Å². The lowest BCUT2D eigenvalue weighted by Crippen LogP contribution is -2.41. The number of nitrogens with zero attached hydrogens (tertiary/aromatic N) is 3. The maximum Gasteiger partial charge on any atom is 0.173 e. The minimum absolute atomic E-state index is 0.173. The molecular formula is C20H28N4S.